The van der Waals surface area contributed by atoms with Crippen LogP contribution in [0.1, 0.15) is 63.7 Å². The molecule has 4 nitrogen and oxygen atoms in total. The first kappa shape index (κ1) is 15.4. The Balaban J connectivity index is 2.24. The third kappa shape index (κ3) is 3.55. The van der Waals surface area contributed by atoms with Crippen molar-refractivity contribution in [1.82, 2.24) is 15.3 Å². The molecule has 1 aliphatic rings. The molecule has 1 aliphatic carbocycles. The van der Waals surface area contributed by atoms with Gasteiger partial charge in [0.1, 0.15) is 5.60 Å². The molecular weight excluding hydrogens is 250 g/mol. The van der Waals surface area contributed by atoms with Gasteiger partial charge in [0.05, 0.1) is 5.69 Å². The zero-order valence-corrected chi connectivity index (χ0v) is 13.4. The highest BCUT2D eigenvalue weighted by Crippen LogP contribution is 2.40. The molecule has 0 amide bonds. The van der Waals surface area contributed by atoms with Gasteiger partial charge in [0.15, 0.2) is 5.82 Å². The Morgan fingerprint density at radius 1 is 1.25 bits per heavy atom. The van der Waals surface area contributed by atoms with E-state index in [4.69, 9.17) is 9.72 Å². The van der Waals surface area contributed by atoms with E-state index in [1.54, 1.807) is 7.11 Å². The maximum atomic E-state index is 5.79. The fourth-order valence-corrected chi connectivity index (χ4v) is 2.75. The van der Waals surface area contributed by atoms with Gasteiger partial charge in [-0.05, 0) is 59.4 Å². The van der Waals surface area contributed by atoms with Crippen LogP contribution in [0.25, 0.3) is 0 Å². The molecule has 20 heavy (non-hydrogen) atoms. The minimum atomic E-state index is -0.261. The molecule has 1 aromatic rings. The number of methoxy groups -OCH3 is 1. The topological polar surface area (TPSA) is 47.0 Å². The summed E-state index contributed by atoms with van der Waals surface area (Å²) in [5.41, 5.74) is 1.89. The second kappa shape index (κ2) is 5.78. The van der Waals surface area contributed by atoms with E-state index in [1.165, 1.54) is 12.8 Å². The van der Waals surface area contributed by atoms with Crippen molar-refractivity contribution in [2.75, 3.05) is 7.11 Å². The van der Waals surface area contributed by atoms with Crippen molar-refractivity contribution in [3.8, 4) is 0 Å². The van der Waals surface area contributed by atoms with Gasteiger partial charge in [-0.2, -0.15) is 0 Å². The summed E-state index contributed by atoms with van der Waals surface area (Å²) in [6.07, 6.45) is 4.44. The van der Waals surface area contributed by atoms with Crippen molar-refractivity contribution < 1.29 is 4.74 Å². The Labute approximate surface area is 122 Å². The van der Waals surface area contributed by atoms with Crippen molar-refractivity contribution in [2.24, 2.45) is 0 Å². The molecule has 0 saturated heterocycles. The summed E-state index contributed by atoms with van der Waals surface area (Å²) < 4.78 is 5.79. The van der Waals surface area contributed by atoms with Crippen LogP contribution in [0.4, 0.5) is 0 Å². The van der Waals surface area contributed by atoms with Gasteiger partial charge in [0.25, 0.3) is 0 Å². The quantitative estimate of drug-likeness (QED) is 0.918. The van der Waals surface area contributed by atoms with E-state index < -0.39 is 0 Å². The monoisotopic (exact) mass is 277 g/mol. The van der Waals surface area contributed by atoms with E-state index in [1.807, 2.05) is 6.92 Å². The molecule has 0 radical (unpaired) electrons. The van der Waals surface area contributed by atoms with Gasteiger partial charge in [-0.25, -0.2) is 9.97 Å². The van der Waals surface area contributed by atoms with Crippen LogP contribution in [0, 0.1) is 6.92 Å². The largest absolute Gasteiger partial charge is 0.370 e. The Kier molecular flexibility index (Phi) is 4.45. The van der Waals surface area contributed by atoms with Crippen LogP contribution in [0.15, 0.2) is 6.07 Å². The zero-order valence-electron chi connectivity index (χ0n) is 13.4. The summed E-state index contributed by atoms with van der Waals surface area (Å²) in [6, 6.07) is 2.06. The number of hydrogen-bond acceptors (Lipinski definition) is 4. The molecule has 0 spiro atoms. The van der Waals surface area contributed by atoms with E-state index in [2.05, 4.69) is 37.1 Å². The first-order chi connectivity index (χ1) is 9.35. The maximum absolute atomic E-state index is 5.79. The predicted octanol–water partition coefficient (Wildman–Crippen LogP) is 3.09. The predicted molar refractivity (Wildman–Crippen MR) is 80.5 cm³/mol. The molecule has 112 valence electrons. The highest BCUT2D eigenvalue weighted by molar-refractivity contribution is 5.15. The minimum Gasteiger partial charge on any atom is -0.370 e. The zero-order chi connectivity index (χ0) is 14.8. The van der Waals surface area contributed by atoms with Crippen molar-refractivity contribution in [1.29, 1.82) is 0 Å². The van der Waals surface area contributed by atoms with Gasteiger partial charge >= 0.3 is 0 Å². The highest BCUT2D eigenvalue weighted by atomic mass is 16.5. The van der Waals surface area contributed by atoms with Crippen molar-refractivity contribution >= 4 is 0 Å². The van der Waals surface area contributed by atoms with E-state index in [-0.39, 0.29) is 11.1 Å². The molecule has 1 fully saturated rings. The Morgan fingerprint density at radius 2 is 1.90 bits per heavy atom. The van der Waals surface area contributed by atoms with E-state index >= 15 is 0 Å². The molecule has 0 aromatic carbocycles. The summed E-state index contributed by atoms with van der Waals surface area (Å²) in [7, 11) is 1.78. The molecule has 0 bridgehead atoms. The summed E-state index contributed by atoms with van der Waals surface area (Å²) in [4.78, 5) is 9.40. The van der Waals surface area contributed by atoms with Crippen molar-refractivity contribution in [3.05, 3.63) is 23.3 Å². The number of nitrogens with zero attached hydrogens (tertiary/aromatic N) is 2. The number of aryl methyl sites for hydroxylation is 1. The third-order valence-electron chi connectivity index (χ3n) is 3.92. The lowest BCUT2D eigenvalue weighted by molar-refractivity contribution is -0.0166. The van der Waals surface area contributed by atoms with Gasteiger partial charge in [-0.3, -0.25) is 0 Å². The van der Waals surface area contributed by atoms with Crippen LogP contribution in [-0.4, -0.2) is 22.6 Å². The first-order valence-electron chi connectivity index (χ1n) is 7.50. The number of rotatable bonds is 4. The fraction of sp³-hybridized carbons (Fsp3) is 0.750. The molecule has 2 rings (SSSR count). The standard InChI is InChI=1S/C16H27N3O/c1-12-10-13(11-17-15(2,3)4)19-14(18-12)16(20-5)8-6-7-9-16/h10,17H,6-9,11H2,1-5H3. The maximum Gasteiger partial charge on any atom is 0.160 e. The Bertz CT molecular complexity index is 459. The molecule has 0 atom stereocenters. The summed E-state index contributed by atoms with van der Waals surface area (Å²) in [5, 5.41) is 3.48. The molecule has 4 heteroatoms. The average Bonchev–Trinajstić information content (AvgIpc) is 2.85. The number of aromatic nitrogens is 2. The molecule has 1 saturated carbocycles. The highest BCUT2D eigenvalue weighted by Gasteiger charge is 2.38. The molecule has 0 aliphatic heterocycles. The SMILES string of the molecule is COC1(c2nc(C)cc(CNC(C)(C)C)n2)CCCC1. The van der Waals surface area contributed by atoms with Gasteiger partial charge in [0, 0.05) is 24.9 Å². The van der Waals surface area contributed by atoms with Crippen LogP contribution in [0.2, 0.25) is 0 Å². The Hall–Kier alpha value is -1.00. The molecular formula is C16H27N3O. The lowest BCUT2D eigenvalue weighted by Gasteiger charge is -2.27. The average molecular weight is 277 g/mol. The normalized spacial score (nSPS) is 18.4. The van der Waals surface area contributed by atoms with Gasteiger partial charge in [-0.15, -0.1) is 0 Å². The van der Waals surface area contributed by atoms with Crippen LogP contribution < -0.4 is 5.32 Å². The van der Waals surface area contributed by atoms with E-state index in [9.17, 15) is 0 Å². The van der Waals surface area contributed by atoms with Crippen LogP contribution in [0.3, 0.4) is 0 Å². The van der Waals surface area contributed by atoms with E-state index in [0.29, 0.717) is 0 Å². The molecule has 1 heterocycles. The van der Waals surface area contributed by atoms with Crippen LogP contribution >= 0.6 is 0 Å². The number of hydrogen-bond donors (Lipinski definition) is 1. The Morgan fingerprint density at radius 3 is 2.45 bits per heavy atom. The summed E-state index contributed by atoms with van der Waals surface area (Å²) in [6.45, 7) is 9.28. The van der Waals surface area contributed by atoms with Crippen LogP contribution in [0.5, 0.6) is 0 Å². The van der Waals surface area contributed by atoms with Crippen molar-refractivity contribution in [2.45, 2.75) is 71.1 Å². The second-order valence-corrected chi connectivity index (χ2v) is 6.83. The lowest BCUT2D eigenvalue weighted by Crippen LogP contribution is -2.36. The number of ether oxygens (including phenoxy) is 1. The summed E-state index contributed by atoms with van der Waals surface area (Å²) >= 11 is 0. The lowest BCUT2D eigenvalue weighted by atomic mass is 10.0. The molecule has 0 unspecified atom stereocenters. The van der Waals surface area contributed by atoms with Crippen LogP contribution in [-0.2, 0) is 16.9 Å². The first-order valence-corrected chi connectivity index (χ1v) is 7.50. The smallest absolute Gasteiger partial charge is 0.160 e. The third-order valence-corrected chi connectivity index (χ3v) is 3.92. The second-order valence-electron chi connectivity index (χ2n) is 6.83. The molecule has 1 N–H and O–H groups in total. The fourth-order valence-electron chi connectivity index (χ4n) is 2.75. The summed E-state index contributed by atoms with van der Waals surface area (Å²) in [5.74, 6) is 0.864. The van der Waals surface area contributed by atoms with Gasteiger partial charge in [0.2, 0.25) is 0 Å². The van der Waals surface area contributed by atoms with Gasteiger partial charge in [-0.1, -0.05) is 0 Å². The molecule has 1 aromatic heterocycles. The van der Waals surface area contributed by atoms with E-state index in [0.717, 1.165) is 36.6 Å². The minimum absolute atomic E-state index is 0.0886. The van der Waals surface area contributed by atoms with Crippen molar-refractivity contribution in [3.63, 3.8) is 0 Å². The van der Waals surface area contributed by atoms with Gasteiger partial charge < -0.3 is 10.1 Å². The number of nitrogens with one attached hydrogen (secondary N) is 1.